The summed E-state index contributed by atoms with van der Waals surface area (Å²) in [5, 5.41) is 0.297. The Morgan fingerprint density at radius 1 is 1.25 bits per heavy atom. The fourth-order valence-electron chi connectivity index (χ4n) is 3.57. The first-order valence-corrected chi connectivity index (χ1v) is 11.8. The molecular formula is C28H35ClF3N3O. The molecule has 1 aliphatic rings. The van der Waals surface area contributed by atoms with Crippen LogP contribution in [-0.4, -0.2) is 40.4 Å². The van der Waals surface area contributed by atoms with E-state index in [1.807, 2.05) is 13.8 Å². The zero-order valence-corrected chi connectivity index (χ0v) is 21.5. The molecule has 36 heavy (non-hydrogen) atoms. The van der Waals surface area contributed by atoms with Crippen molar-refractivity contribution in [2.75, 3.05) is 13.1 Å². The first kappa shape index (κ1) is 31.3. The van der Waals surface area contributed by atoms with E-state index in [4.69, 9.17) is 11.6 Å². The molecule has 0 saturated heterocycles. The van der Waals surface area contributed by atoms with Crippen molar-refractivity contribution >= 4 is 23.1 Å². The number of hydrogen-bond acceptors (Lipinski definition) is 4. The number of alkyl halides is 2. The Kier molecular flexibility index (Phi) is 11.7. The number of rotatable bonds is 7. The zero-order valence-electron chi connectivity index (χ0n) is 20.8. The second kappa shape index (κ2) is 13.5. The Morgan fingerprint density at radius 3 is 2.50 bits per heavy atom. The molecule has 0 fully saturated rings. The van der Waals surface area contributed by atoms with Crippen LogP contribution in [0.4, 0.5) is 13.2 Å². The first-order chi connectivity index (χ1) is 16.5. The number of ketones is 1. The highest BCUT2D eigenvalue weighted by Gasteiger charge is 2.25. The van der Waals surface area contributed by atoms with Gasteiger partial charge in [-0.25, -0.2) is 18.2 Å². The molecule has 0 N–H and O–H groups in total. The number of halogens is 4. The number of benzene rings is 1. The summed E-state index contributed by atoms with van der Waals surface area (Å²) < 4.78 is 41.0. The van der Waals surface area contributed by atoms with Gasteiger partial charge in [-0.3, -0.25) is 14.7 Å². The number of carbonyl (C=O) groups excluding carboxylic acids is 1. The van der Waals surface area contributed by atoms with Gasteiger partial charge in [0.25, 0.3) is 5.92 Å². The highest BCUT2D eigenvalue weighted by atomic mass is 35.5. The van der Waals surface area contributed by atoms with Gasteiger partial charge in [-0.05, 0) is 60.4 Å². The standard InChI is InChI=1S/C25H25ClF3N3O.C2H6.CH4/c1-15(7-9-30-17(3)25(4,28)29)13-32-10-8-20-21(19-6-5-18(26)11-22(19)27)12-23(16(2)33)31-24(20)14-32;1-2;/h5-7,9,11-12H,1,8,10,13-14H2,2-4H3;1-2H3;1H4/b9-7-,30-17?;;. The van der Waals surface area contributed by atoms with Gasteiger partial charge < -0.3 is 0 Å². The minimum absolute atomic E-state index is 0. The molecule has 1 aromatic carbocycles. The van der Waals surface area contributed by atoms with Crippen molar-refractivity contribution < 1.29 is 18.0 Å². The molecule has 0 saturated carbocycles. The SMILES string of the molecule is C.C=C(/C=C\N=C(C)C(C)(F)F)CN1CCc2c(-c3ccc(Cl)cc3F)cc(C(C)=O)nc2C1.CC. The summed E-state index contributed by atoms with van der Waals surface area (Å²) in [5.41, 5.74) is 3.30. The van der Waals surface area contributed by atoms with Gasteiger partial charge in [0.05, 0.1) is 11.4 Å². The predicted octanol–water partition coefficient (Wildman–Crippen LogP) is 7.95. The lowest BCUT2D eigenvalue weighted by atomic mass is 9.92. The lowest BCUT2D eigenvalue weighted by Gasteiger charge is -2.30. The number of pyridine rings is 1. The fourth-order valence-corrected chi connectivity index (χ4v) is 3.73. The number of Topliss-reactive ketones (excluding diaryl/α,β-unsaturated/α-hetero) is 1. The van der Waals surface area contributed by atoms with Gasteiger partial charge in [0.1, 0.15) is 11.5 Å². The monoisotopic (exact) mass is 521 g/mol. The third kappa shape index (κ3) is 8.14. The summed E-state index contributed by atoms with van der Waals surface area (Å²) in [6.07, 6.45) is 3.52. The Labute approximate surface area is 217 Å². The average Bonchev–Trinajstić information content (AvgIpc) is 2.79. The summed E-state index contributed by atoms with van der Waals surface area (Å²) in [7, 11) is 0. The van der Waals surface area contributed by atoms with Crippen LogP contribution in [0.15, 0.2) is 53.7 Å². The van der Waals surface area contributed by atoms with Crippen molar-refractivity contribution in [3.8, 4) is 11.1 Å². The van der Waals surface area contributed by atoms with Gasteiger partial charge in [-0.1, -0.05) is 39.5 Å². The smallest absolute Gasteiger partial charge is 0.282 e. The van der Waals surface area contributed by atoms with E-state index in [1.165, 1.54) is 26.1 Å². The quantitative estimate of drug-likeness (QED) is 0.211. The largest absolute Gasteiger partial charge is 0.293 e. The van der Waals surface area contributed by atoms with Crippen LogP contribution < -0.4 is 0 Å². The molecule has 0 aliphatic carbocycles. The molecule has 8 heteroatoms. The Bertz CT molecular complexity index is 1150. The van der Waals surface area contributed by atoms with Crippen molar-refractivity contribution in [1.29, 1.82) is 0 Å². The summed E-state index contributed by atoms with van der Waals surface area (Å²) >= 11 is 5.90. The number of aromatic nitrogens is 1. The van der Waals surface area contributed by atoms with Crippen molar-refractivity contribution in [1.82, 2.24) is 9.88 Å². The van der Waals surface area contributed by atoms with Crippen LogP contribution in [0.2, 0.25) is 5.02 Å². The van der Waals surface area contributed by atoms with Gasteiger partial charge in [0, 0.05) is 50.3 Å². The predicted molar refractivity (Wildman–Crippen MR) is 144 cm³/mol. The summed E-state index contributed by atoms with van der Waals surface area (Å²) in [4.78, 5) is 22.4. The topological polar surface area (TPSA) is 45.6 Å². The van der Waals surface area contributed by atoms with Crippen LogP contribution in [0.5, 0.6) is 0 Å². The molecule has 0 amide bonds. The van der Waals surface area contributed by atoms with Crippen molar-refractivity contribution in [3.05, 3.63) is 76.5 Å². The van der Waals surface area contributed by atoms with E-state index < -0.39 is 11.7 Å². The third-order valence-electron chi connectivity index (χ3n) is 5.48. The van der Waals surface area contributed by atoms with Crippen LogP contribution in [0.3, 0.4) is 0 Å². The lowest BCUT2D eigenvalue weighted by molar-refractivity contribution is 0.0994. The normalized spacial score (nSPS) is 14.0. The van der Waals surface area contributed by atoms with Gasteiger partial charge in [0.2, 0.25) is 0 Å². The highest BCUT2D eigenvalue weighted by molar-refractivity contribution is 6.30. The highest BCUT2D eigenvalue weighted by Crippen LogP contribution is 2.33. The maximum absolute atomic E-state index is 14.7. The average molecular weight is 522 g/mol. The number of fused-ring (bicyclic) bond motifs is 1. The number of aliphatic imine (C=N–C) groups is 1. The van der Waals surface area contributed by atoms with Gasteiger partial charge in [-0.2, -0.15) is 0 Å². The van der Waals surface area contributed by atoms with Crippen molar-refractivity contribution in [2.45, 2.75) is 60.9 Å². The van der Waals surface area contributed by atoms with E-state index in [0.29, 0.717) is 53.5 Å². The molecule has 0 spiro atoms. The third-order valence-corrected chi connectivity index (χ3v) is 5.72. The first-order valence-electron chi connectivity index (χ1n) is 11.4. The number of nitrogens with zero attached hydrogens (tertiary/aromatic N) is 3. The number of hydrogen-bond donors (Lipinski definition) is 0. The molecule has 1 aliphatic heterocycles. The minimum Gasteiger partial charge on any atom is -0.293 e. The van der Waals surface area contributed by atoms with Crippen LogP contribution in [0.25, 0.3) is 11.1 Å². The van der Waals surface area contributed by atoms with E-state index in [2.05, 4.69) is 21.5 Å². The van der Waals surface area contributed by atoms with Crippen LogP contribution in [0.1, 0.15) is 63.8 Å². The maximum atomic E-state index is 14.7. The second-order valence-corrected chi connectivity index (χ2v) is 8.63. The van der Waals surface area contributed by atoms with Crippen molar-refractivity contribution in [3.63, 3.8) is 0 Å². The van der Waals surface area contributed by atoms with Crippen molar-refractivity contribution in [2.24, 2.45) is 4.99 Å². The van der Waals surface area contributed by atoms with E-state index >= 15 is 0 Å². The number of carbonyl (C=O) groups is 1. The molecule has 2 aromatic rings. The molecule has 196 valence electrons. The Balaban J connectivity index is 0.00000211. The molecule has 0 unspecified atom stereocenters. The van der Waals surface area contributed by atoms with Crippen LogP contribution in [0, 0.1) is 5.82 Å². The second-order valence-electron chi connectivity index (χ2n) is 8.20. The van der Waals surface area contributed by atoms with E-state index in [9.17, 15) is 18.0 Å². The summed E-state index contributed by atoms with van der Waals surface area (Å²) in [6, 6.07) is 6.11. The van der Waals surface area contributed by atoms with Gasteiger partial charge in [-0.15, -0.1) is 0 Å². The fraction of sp³-hybridized carbons (Fsp3) is 0.393. The molecule has 2 heterocycles. The van der Waals surface area contributed by atoms with Gasteiger partial charge >= 0.3 is 0 Å². The van der Waals surface area contributed by atoms with Crippen LogP contribution in [-0.2, 0) is 13.0 Å². The molecule has 0 atom stereocenters. The maximum Gasteiger partial charge on any atom is 0.282 e. The molecule has 4 nitrogen and oxygen atoms in total. The van der Waals surface area contributed by atoms with E-state index in [-0.39, 0.29) is 24.6 Å². The zero-order chi connectivity index (χ0) is 26.3. The summed E-state index contributed by atoms with van der Waals surface area (Å²) in [6.45, 7) is 13.1. The minimum atomic E-state index is -2.97. The van der Waals surface area contributed by atoms with Crippen LogP contribution >= 0.6 is 11.6 Å². The van der Waals surface area contributed by atoms with Gasteiger partial charge in [0.15, 0.2) is 5.78 Å². The molecule has 1 aromatic heterocycles. The van der Waals surface area contributed by atoms with E-state index in [1.54, 1.807) is 24.3 Å². The molecule has 0 radical (unpaired) electrons. The molecule has 3 rings (SSSR count). The Hall–Kier alpha value is -2.77. The molecular weight excluding hydrogens is 487 g/mol. The van der Waals surface area contributed by atoms with E-state index in [0.717, 1.165) is 12.5 Å². The Morgan fingerprint density at radius 2 is 1.92 bits per heavy atom. The summed E-state index contributed by atoms with van der Waals surface area (Å²) in [5.74, 6) is -3.64. The lowest BCUT2D eigenvalue weighted by Crippen LogP contribution is -2.33. The molecule has 0 bridgehead atoms.